The first-order valence-corrected chi connectivity index (χ1v) is 5.42. The number of aromatic nitrogens is 2. The Bertz CT molecular complexity index is 246. The zero-order valence-electron chi connectivity index (χ0n) is 7.82. The summed E-state index contributed by atoms with van der Waals surface area (Å²) in [6.45, 7) is 2.16. The molecule has 0 N–H and O–H groups in total. The van der Waals surface area contributed by atoms with Gasteiger partial charge in [-0.05, 0) is 18.0 Å². The van der Waals surface area contributed by atoms with Gasteiger partial charge in [-0.15, -0.1) is 5.10 Å². The van der Waals surface area contributed by atoms with Crippen molar-refractivity contribution >= 4 is 17.3 Å². The van der Waals surface area contributed by atoms with Crippen molar-refractivity contribution in [2.45, 2.75) is 39.0 Å². The zero-order valence-corrected chi connectivity index (χ0v) is 8.64. The van der Waals surface area contributed by atoms with Gasteiger partial charge in [0, 0.05) is 6.42 Å². The van der Waals surface area contributed by atoms with Gasteiger partial charge in [0.05, 0.1) is 6.20 Å². The van der Waals surface area contributed by atoms with Gasteiger partial charge < -0.3 is 0 Å². The largest absolute Gasteiger partial charge is 0.293 e. The molecule has 0 bridgehead atoms. The van der Waals surface area contributed by atoms with Crippen LogP contribution in [0.4, 0.5) is 0 Å². The molecule has 0 unspecified atom stereocenters. The van der Waals surface area contributed by atoms with Crippen molar-refractivity contribution in [1.29, 1.82) is 0 Å². The highest BCUT2D eigenvalue weighted by Crippen LogP contribution is 2.10. The standard InChI is InChI=1S/C9H14N2OS/c1-2-3-4-5-6-8(12)9-7-10-11-13-9/h7H,2-6H2,1H3. The van der Waals surface area contributed by atoms with Crippen LogP contribution in [0.1, 0.15) is 48.7 Å². The number of hydrogen-bond donors (Lipinski definition) is 0. The van der Waals surface area contributed by atoms with Crippen molar-refractivity contribution in [1.82, 2.24) is 9.59 Å². The Morgan fingerprint density at radius 3 is 2.92 bits per heavy atom. The summed E-state index contributed by atoms with van der Waals surface area (Å²) in [5, 5.41) is 3.64. The molecule has 0 aromatic carbocycles. The van der Waals surface area contributed by atoms with E-state index in [1.165, 1.54) is 24.4 Å². The van der Waals surface area contributed by atoms with E-state index in [0.29, 0.717) is 11.3 Å². The Balaban J connectivity index is 2.19. The quantitative estimate of drug-likeness (QED) is 0.521. The fourth-order valence-electron chi connectivity index (χ4n) is 1.13. The smallest absolute Gasteiger partial charge is 0.176 e. The summed E-state index contributed by atoms with van der Waals surface area (Å²) in [4.78, 5) is 12.1. The molecule has 1 aromatic rings. The lowest BCUT2D eigenvalue weighted by atomic mass is 10.1. The van der Waals surface area contributed by atoms with Crippen LogP contribution in [0.5, 0.6) is 0 Å². The molecule has 0 aliphatic carbocycles. The number of rotatable bonds is 6. The molecule has 0 aliphatic rings. The van der Waals surface area contributed by atoms with Gasteiger partial charge >= 0.3 is 0 Å². The molecule has 72 valence electrons. The van der Waals surface area contributed by atoms with Gasteiger partial charge in [-0.1, -0.05) is 30.7 Å². The highest BCUT2D eigenvalue weighted by atomic mass is 32.1. The molecule has 13 heavy (non-hydrogen) atoms. The van der Waals surface area contributed by atoms with E-state index in [1.807, 2.05) is 0 Å². The van der Waals surface area contributed by atoms with E-state index in [1.54, 1.807) is 6.20 Å². The Labute approximate surface area is 82.3 Å². The third-order valence-corrected chi connectivity index (χ3v) is 2.60. The van der Waals surface area contributed by atoms with Crippen LogP contribution in [0.15, 0.2) is 6.20 Å². The first-order valence-electron chi connectivity index (χ1n) is 4.65. The summed E-state index contributed by atoms with van der Waals surface area (Å²) in [5.41, 5.74) is 0. The zero-order chi connectivity index (χ0) is 9.52. The van der Waals surface area contributed by atoms with Gasteiger partial charge in [0.15, 0.2) is 5.78 Å². The topological polar surface area (TPSA) is 42.9 Å². The third-order valence-electron chi connectivity index (χ3n) is 1.89. The van der Waals surface area contributed by atoms with Gasteiger partial charge in [0.2, 0.25) is 0 Å². The van der Waals surface area contributed by atoms with Crippen molar-refractivity contribution in [2.24, 2.45) is 0 Å². The first kappa shape index (κ1) is 10.3. The second-order valence-corrected chi connectivity index (χ2v) is 3.80. The van der Waals surface area contributed by atoms with Crippen LogP contribution in [-0.4, -0.2) is 15.4 Å². The molecule has 0 amide bonds. The molecule has 0 atom stereocenters. The number of carbonyl (C=O) groups is 1. The van der Waals surface area contributed by atoms with Crippen LogP contribution in [0.3, 0.4) is 0 Å². The fourth-order valence-corrected chi connectivity index (χ4v) is 1.61. The minimum absolute atomic E-state index is 0.186. The van der Waals surface area contributed by atoms with Crippen molar-refractivity contribution in [3.8, 4) is 0 Å². The first-order chi connectivity index (χ1) is 6.34. The van der Waals surface area contributed by atoms with Crippen molar-refractivity contribution < 1.29 is 4.79 Å². The number of nitrogens with zero attached hydrogens (tertiary/aromatic N) is 2. The summed E-state index contributed by atoms with van der Waals surface area (Å²) >= 11 is 1.18. The highest BCUT2D eigenvalue weighted by Gasteiger charge is 2.07. The van der Waals surface area contributed by atoms with Gasteiger partial charge in [0.25, 0.3) is 0 Å². The number of Topliss-reactive ketones (excluding diaryl/α,β-unsaturated/α-hetero) is 1. The average molecular weight is 198 g/mol. The van der Waals surface area contributed by atoms with Crippen LogP contribution in [0.25, 0.3) is 0 Å². The molecule has 1 aromatic heterocycles. The maximum atomic E-state index is 11.4. The SMILES string of the molecule is CCCCCCC(=O)c1cnns1. The maximum Gasteiger partial charge on any atom is 0.176 e. The van der Waals surface area contributed by atoms with Crippen molar-refractivity contribution in [3.05, 3.63) is 11.1 Å². The van der Waals surface area contributed by atoms with E-state index in [2.05, 4.69) is 16.5 Å². The highest BCUT2D eigenvalue weighted by molar-refractivity contribution is 7.07. The Morgan fingerprint density at radius 1 is 1.46 bits per heavy atom. The Hall–Kier alpha value is -0.770. The molecule has 4 heteroatoms. The van der Waals surface area contributed by atoms with Crippen LogP contribution >= 0.6 is 11.5 Å². The van der Waals surface area contributed by atoms with Crippen LogP contribution in [-0.2, 0) is 0 Å². The van der Waals surface area contributed by atoms with E-state index < -0.39 is 0 Å². The summed E-state index contributed by atoms with van der Waals surface area (Å²) in [7, 11) is 0. The molecule has 3 nitrogen and oxygen atoms in total. The van der Waals surface area contributed by atoms with Crippen LogP contribution < -0.4 is 0 Å². The lowest BCUT2D eigenvalue weighted by Crippen LogP contribution is -1.95. The molecule has 0 fully saturated rings. The normalized spacial score (nSPS) is 10.2. The molecular weight excluding hydrogens is 184 g/mol. The van der Waals surface area contributed by atoms with E-state index in [4.69, 9.17) is 0 Å². The predicted octanol–water partition coefficient (Wildman–Crippen LogP) is 2.69. The van der Waals surface area contributed by atoms with Gasteiger partial charge in [0.1, 0.15) is 4.88 Å². The minimum Gasteiger partial charge on any atom is -0.293 e. The van der Waals surface area contributed by atoms with E-state index in [-0.39, 0.29) is 5.78 Å². The lowest BCUT2D eigenvalue weighted by molar-refractivity contribution is 0.0983. The Kier molecular flexibility index (Phi) is 4.60. The summed E-state index contributed by atoms with van der Waals surface area (Å²) < 4.78 is 3.66. The maximum absolute atomic E-state index is 11.4. The number of hydrogen-bond acceptors (Lipinski definition) is 4. The molecule has 0 saturated carbocycles. The van der Waals surface area contributed by atoms with E-state index in [9.17, 15) is 4.79 Å². The number of unbranched alkanes of at least 4 members (excludes halogenated alkanes) is 3. The number of carbonyl (C=O) groups excluding carboxylic acids is 1. The van der Waals surface area contributed by atoms with E-state index >= 15 is 0 Å². The van der Waals surface area contributed by atoms with Gasteiger partial charge in [-0.25, -0.2) is 0 Å². The number of ketones is 1. The van der Waals surface area contributed by atoms with Crippen molar-refractivity contribution in [2.75, 3.05) is 0 Å². The van der Waals surface area contributed by atoms with Gasteiger partial charge in [-0.3, -0.25) is 4.79 Å². The molecule has 1 rings (SSSR count). The molecule has 0 aliphatic heterocycles. The van der Waals surface area contributed by atoms with Crippen molar-refractivity contribution in [3.63, 3.8) is 0 Å². The monoisotopic (exact) mass is 198 g/mol. The molecular formula is C9H14N2OS. The predicted molar refractivity (Wildman–Crippen MR) is 53.0 cm³/mol. The lowest BCUT2D eigenvalue weighted by Gasteiger charge is -1.96. The Morgan fingerprint density at radius 2 is 2.31 bits per heavy atom. The average Bonchev–Trinajstić information content (AvgIpc) is 2.65. The molecule has 0 saturated heterocycles. The third kappa shape index (κ3) is 3.63. The second-order valence-electron chi connectivity index (χ2n) is 3.02. The minimum atomic E-state index is 0.186. The fraction of sp³-hybridized carbons (Fsp3) is 0.667. The van der Waals surface area contributed by atoms with Gasteiger partial charge in [-0.2, -0.15) is 0 Å². The van der Waals surface area contributed by atoms with E-state index in [0.717, 1.165) is 12.8 Å². The van der Waals surface area contributed by atoms with Crippen LogP contribution in [0.2, 0.25) is 0 Å². The summed E-state index contributed by atoms with van der Waals surface area (Å²) in [5.74, 6) is 0.186. The molecule has 0 spiro atoms. The van der Waals surface area contributed by atoms with Crippen LogP contribution in [0, 0.1) is 0 Å². The summed E-state index contributed by atoms with van der Waals surface area (Å²) in [6.07, 6.45) is 6.75. The molecule has 0 radical (unpaired) electrons. The molecule has 1 heterocycles. The summed E-state index contributed by atoms with van der Waals surface area (Å²) in [6, 6.07) is 0. The second kappa shape index (κ2) is 5.80.